The minimum atomic E-state index is -0.907. The summed E-state index contributed by atoms with van der Waals surface area (Å²) in [6.45, 7) is 0. The molecule has 0 aliphatic carbocycles. The predicted molar refractivity (Wildman–Crippen MR) is 48.0 cm³/mol. The van der Waals surface area contributed by atoms with E-state index in [2.05, 4.69) is 17.6 Å². The number of aromatic nitrogens is 2. The molecule has 1 heterocycles. The predicted octanol–water partition coefficient (Wildman–Crippen LogP) is -0.256. The Kier molecular flexibility index (Phi) is 3.13. The lowest BCUT2D eigenvalue weighted by atomic mass is 10.2. The van der Waals surface area contributed by atoms with Crippen LogP contribution < -0.4 is 0 Å². The first kappa shape index (κ1) is 9.57. The number of thiol groups is 1. The highest BCUT2D eigenvalue weighted by Crippen LogP contribution is 2.15. The molecule has 0 aliphatic rings. The minimum Gasteiger partial charge on any atom is -0.389 e. The van der Waals surface area contributed by atoms with Gasteiger partial charge in [-0.1, -0.05) is 0 Å². The van der Waals surface area contributed by atoms with E-state index >= 15 is 0 Å². The molecule has 0 aromatic carbocycles. The lowest BCUT2D eigenvalue weighted by Crippen LogP contribution is -2.21. The Labute approximate surface area is 76.3 Å². The van der Waals surface area contributed by atoms with Crippen LogP contribution in [-0.4, -0.2) is 31.6 Å². The molecule has 1 aromatic heterocycles. The van der Waals surface area contributed by atoms with Gasteiger partial charge < -0.3 is 14.8 Å². The summed E-state index contributed by atoms with van der Waals surface area (Å²) in [6, 6.07) is 0. The molecule has 1 aromatic rings. The summed E-state index contributed by atoms with van der Waals surface area (Å²) >= 11 is 3.88. The topological polar surface area (TPSA) is 58.3 Å². The summed E-state index contributed by atoms with van der Waals surface area (Å²) in [5.41, 5.74) is 0.594. The SMILES string of the molecule is Cn1cncc1C(O)C(O)CS. The number of hydrogen-bond donors (Lipinski definition) is 3. The summed E-state index contributed by atoms with van der Waals surface area (Å²) in [6.07, 6.45) is 1.35. The Morgan fingerprint density at radius 3 is 2.75 bits per heavy atom. The Bertz CT molecular complexity index is 251. The van der Waals surface area contributed by atoms with E-state index in [1.165, 1.54) is 6.20 Å². The zero-order chi connectivity index (χ0) is 9.14. The van der Waals surface area contributed by atoms with Gasteiger partial charge in [-0.05, 0) is 0 Å². The molecular formula is C7H12N2O2S. The Balaban J connectivity index is 2.77. The van der Waals surface area contributed by atoms with Crippen LogP contribution in [0.5, 0.6) is 0 Å². The smallest absolute Gasteiger partial charge is 0.122 e. The van der Waals surface area contributed by atoms with Crippen molar-refractivity contribution in [2.24, 2.45) is 7.05 Å². The third-order valence-corrected chi connectivity index (χ3v) is 2.08. The molecule has 12 heavy (non-hydrogen) atoms. The summed E-state index contributed by atoms with van der Waals surface area (Å²) in [5.74, 6) is 0.229. The Hall–Kier alpha value is -0.520. The summed E-state index contributed by atoms with van der Waals surface area (Å²) < 4.78 is 1.66. The van der Waals surface area contributed by atoms with Crippen LogP contribution in [0.3, 0.4) is 0 Å². The van der Waals surface area contributed by atoms with Crippen LogP contribution in [0, 0.1) is 0 Å². The lowest BCUT2D eigenvalue weighted by molar-refractivity contribution is 0.0292. The molecule has 68 valence electrons. The van der Waals surface area contributed by atoms with Crippen LogP contribution >= 0.6 is 12.6 Å². The molecule has 0 radical (unpaired) electrons. The van der Waals surface area contributed by atoms with Gasteiger partial charge in [0.15, 0.2) is 0 Å². The van der Waals surface area contributed by atoms with Gasteiger partial charge in [0.25, 0.3) is 0 Å². The van der Waals surface area contributed by atoms with E-state index in [4.69, 9.17) is 0 Å². The van der Waals surface area contributed by atoms with Crippen LogP contribution in [0.1, 0.15) is 11.8 Å². The first-order valence-electron chi connectivity index (χ1n) is 3.60. The van der Waals surface area contributed by atoms with Crippen molar-refractivity contribution in [1.82, 2.24) is 9.55 Å². The molecule has 0 aliphatic heterocycles. The molecule has 4 nitrogen and oxygen atoms in total. The average molecular weight is 188 g/mol. The van der Waals surface area contributed by atoms with Crippen LogP contribution in [0.4, 0.5) is 0 Å². The van der Waals surface area contributed by atoms with E-state index in [1.54, 1.807) is 17.9 Å². The van der Waals surface area contributed by atoms with Crippen LogP contribution in [0.2, 0.25) is 0 Å². The number of imidazole rings is 1. The maximum atomic E-state index is 9.50. The fourth-order valence-electron chi connectivity index (χ4n) is 0.949. The molecule has 0 bridgehead atoms. The van der Waals surface area contributed by atoms with Crippen molar-refractivity contribution >= 4 is 12.6 Å². The second-order valence-corrected chi connectivity index (χ2v) is 2.99. The van der Waals surface area contributed by atoms with Gasteiger partial charge in [-0.2, -0.15) is 12.6 Å². The van der Waals surface area contributed by atoms with Gasteiger partial charge in [-0.15, -0.1) is 0 Å². The standard InChI is InChI=1S/C7H12N2O2S/c1-9-4-8-2-5(9)7(11)6(10)3-12/h2,4,6-7,10-12H,3H2,1H3. The molecule has 0 amide bonds. The number of hydrogen-bond acceptors (Lipinski definition) is 4. The number of aliphatic hydroxyl groups is 2. The van der Waals surface area contributed by atoms with Crippen molar-refractivity contribution in [2.75, 3.05) is 5.75 Å². The summed E-state index contributed by atoms with van der Waals surface area (Å²) in [7, 11) is 1.76. The van der Waals surface area contributed by atoms with Crippen LogP contribution in [0.15, 0.2) is 12.5 Å². The molecule has 0 saturated heterocycles. The average Bonchev–Trinajstić information content (AvgIpc) is 2.48. The second-order valence-electron chi connectivity index (χ2n) is 2.62. The molecule has 1 rings (SSSR count). The van der Waals surface area contributed by atoms with E-state index in [0.29, 0.717) is 5.69 Å². The van der Waals surface area contributed by atoms with E-state index in [1.807, 2.05) is 0 Å². The maximum Gasteiger partial charge on any atom is 0.122 e. The van der Waals surface area contributed by atoms with Crippen molar-refractivity contribution in [3.05, 3.63) is 18.2 Å². The summed E-state index contributed by atoms with van der Waals surface area (Å²) in [4.78, 5) is 3.83. The highest BCUT2D eigenvalue weighted by Gasteiger charge is 2.19. The first-order valence-corrected chi connectivity index (χ1v) is 4.23. The normalized spacial score (nSPS) is 16.0. The van der Waals surface area contributed by atoms with Crippen molar-refractivity contribution in [2.45, 2.75) is 12.2 Å². The third kappa shape index (κ3) is 1.80. The molecule has 2 atom stereocenters. The number of rotatable bonds is 3. The third-order valence-electron chi connectivity index (χ3n) is 1.71. The lowest BCUT2D eigenvalue weighted by Gasteiger charge is -2.15. The van der Waals surface area contributed by atoms with E-state index in [9.17, 15) is 10.2 Å². The highest BCUT2D eigenvalue weighted by atomic mass is 32.1. The van der Waals surface area contributed by atoms with E-state index in [0.717, 1.165) is 0 Å². The van der Waals surface area contributed by atoms with Crippen molar-refractivity contribution < 1.29 is 10.2 Å². The summed E-state index contributed by atoms with van der Waals surface area (Å²) in [5, 5.41) is 18.8. The van der Waals surface area contributed by atoms with Gasteiger partial charge in [0.05, 0.1) is 24.3 Å². The Morgan fingerprint density at radius 2 is 2.33 bits per heavy atom. The Morgan fingerprint density at radius 1 is 1.67 bits per heavy atom. The fraction of sp³-hybridized carbons (Fsp3) is 0.571. The van der Waals surface area contributed by atoms with Crippen molar-refractivity contribution in [1.29, 1.82) is 0 Å². The molecular weight excluding hydrogens is 176 g/mol. The molecule has 5 heteroatoms. The number of aliphatic hydroxyl groups excluding tert-OH is 2. The molecule has 2 unspecified atom stereocenters. The van der Waals surface area contributed by atoms with Crippen molar-refractivity contribution in [3.63, 3.8) is 0 Å². The van der Waals surface area contributed by atoms with Gasteiger partial charge in [0.1, 0.15) is 6.10 Å². The molecule has 0 spiro atoms. The highest BCUT2D eigenvalue weighted by molar-refractivity contribution is 7.80. The second kappa shape index (κ2) is 3.93. The largest absolute Gasteiger partial charge is 0.389 e. The van der Waals surface area contributed by atoms with E-state index in [-0.39, 0.29) is 5.75 Å². The van der Waals surface area contributed by atoms with Gasteiger partial charge in [0.2, 0.25) is 0 Å². The molecule has 2 N–H and O–H groups in total. The monoisotopic (exact) mass is 188 g/mol. The number of nitrogens with zero attached hydrogens (tertiary/aromatic N) is 2. The van der Waals surface area contributed by atoms with Gasteiger partial charge in [-0.3, -0.25) is 0 Å². The van der Waals surface area contributed by atoms with Crippen molar-refractivity contribution in [3.8, 4) is 0 Å². The minimum absolute atomic E-state index is 0.229. The first-order chi connectivity index (χ1) is 5.66. The van der Waals surface area contributed by atoms with Crippen LogP contribution in [0.25, 0.3) is 0 Å². The van der Waals surface area contributed by atoms with Gasteiger partial charge in [-0.25, -0.2) is 4.98 Å². The number of aryl methyl sites for hydroxylation is 1. The van der Waals surface area contributed by atoms with Gasteiger partial charge >= 0.3 is 0 Å². The van der Waals surface area contributed by atoms with E-state index < -0.39 is 12.2 Å². The maximum absolute atomic E-state index is 9.50. The zero-order valence-corrected chi connectivity index (χ0v) is 7.65. The zero-order valence-electron chi connectivity index (χ0n) is 6.75. The molecule has 0 fully saturated rings. The van der Waals surface area contributed by atoms with Crippen LogP contribution in [-0.2, 0) is 7.05 Å². The fourth-order valence-corrected chi connectivity index (χ4v) is 1.15. The molecule has 0 saturated carbocycles. The van der Waals surface area contributed by atoms with Gasteiger partial charge in [0, 0.05) is 12.8 Å². The quantitative estimate of drug-likeness (QED) is 0.573.